The SMILES string of the molecule is CN(C(=O)C[C@H]1CCOC1)C(C)(C)C(=O)Cc1cc(C(C)(C)CO)no1. The summed E-state index contributed by atoms with van der Waals surface area (Å²) in [5.74, 6) is 0.483. The van der Waals surface area contributed by atoms with Crippen molar-refractivity contribution >= 4 is 11.7 Å². The van der Waals surface area contributed by atoms with Gasteiger partial charge in [0.15, 0.2) is 5.78 Å². The number of amides is 1. The molecule has 0 bridgehead atoms. The first-order valence-electron chi connectivity index (χ1n) is 9.02. The van der Waals surface area contributed by atoms with E-state index >= 15 is 0 Å². The Morgan fingerprint density at radius 3 is 2.62 bits per heavy atom. The molecule has 0 aliphatic carbocycles. The van der Waals surface area contributed by atoms with Crippen molar-refractivity contribution in [3.8, 4) is 0 Å². The van der Waals surface area contributed by atoms with Gasteiger partial charge in [-0.2, -0.15) is 0 Å². The number of Topliss-reactive ketones (excluding diaryl/α,β-unsaturated/α-hetero) is 1. The highest BCUT2D eigenvalue weighted by Crippen LogP contribution is 2.25. The molecule has 0 saturated carbocycles. The highest BCUT2D eigenvalue weighted by molar-refractivity contribution is 5.93. The Morgan fingerprint density at radius 1 is 1.35 bits per heavy atom. The van der Waals surface area contributed by atoms with Gasteiger partial charge < -0.3 is 19.3 Å². The molecule has 1 atom stereocenters. The number of aromatic nitrogens is 1. The van der Waals surface area contributed by atoms with E-state index in [-0.39, 0.29) is 30.6 Å². The van der Waals surface area contributed by atoms with Gasteiger partial charge in [-0.3, -0.25) is 9.59 Å². The Morgan fingerprint density at radius 2 is 2.04 bits per heavy atom. The largest absolute Gasteiger partial charge is 0.395 e. The molecule has 2 rings (SSSR count). The van der Waals surface area contributed by atoms with Gasteiger partial charge in [0.2, 0.25) is 5.91 Å². The molecule has 0 aromatic carbocycles. The van der Waals surface area contributed by atoms with Gasteiger partial charge in [0.1, 0.15) is 5.76 Å². The normalized spacial score (nSPS) is 18.2. The van der Waals surface area contributed by atoms with E-state index < -0.39 is 11.0 Å². The van der Waals surface area contributed by atoms with Gasteiger partial charge in [-0.15, -0.1) is 0 Å². The number of ether oxygens (including phenoxy) is 1. The van der Waals surface area contributed by atoms with Crippen LogP contribution in [0.4, 0.5) is 0 Å². The van der Waals surface area contributed by atoms with Crippen LogP contribution in [0.3, 0.4) is 0 Å². The highest BCUT2D eigenvalue weighted by atomic mass is 16.5. The van der Waals surface area contributed by atoms with Crippen LogP contribution in [0.5, 0.6) is 0 Å². The highest BCUT2D eigenvalue weighted by Gasteiger charge is 2.36. The van der Waals surface area contributed by atoms with Gasteiger partial charge in [-0.1, -0.05) is 19.0 Å². The van der Waals surface area contributed by atoms with Gasteiger partial charge in [-0.05, 0) is 26.2 Å². The molecule has 1 fully saturated rings. The average molecular weight is 366 g/mol. The van der Waals surface area contributed by atoms with Crippen LogP contribution in [0, 0.1) is 5.92 Å². The van der Waals surface area contributed by atoms with Gasteiger partial charge in [0, 0.05) is 38.2 Å². The lowest BCUT2D eigenvalue weighted by atomic mass is 9.89. The molecule has 146 valence electrons. The van der Waals surface area contributed by atoms with Crippen LogP contribution in [0.1, 0.15) is 52.0 Å². The van der Waals surface area contributed by atoms with E-state index in [9.17, 15) is 14.7 Å². The van der Waals surface area contributed by atoms with Crippen molar-refractivity contribution < 1.29 is 24.0 Å². The van der Waals surface area contributed by atoms with Gasteiger partial charge in [0.05, 0.1) is 24.3 Å². The molecular formula is C19H30N2O5. The first kappa shape index (κ1) is 20.6. The first-order chi connectivity index (χ1) is 12.1. The summed E-state index contributed by atoms with van der Waals surface area (Å²) >= 11 is 0. The molecule has 1 saturated heterocycles. The molecule has 1 N–H and O–H groups in total. The fraction of sp³-hybridized carbons (Fsp3) is 0.737. The van der Waals surface area contributed by atoms with Crippen LogP contribution >= 0.6 is 0 Å². The molecule has 0 spiro atoms. The summed E-state index contributed by atoms with van der Waals surface area (Å²) in [6.07, 6.45) is 1.32. The lowest BCUT2D eigenvalue weighted by molar-refractivity contribution is -0.143. The summed E-state index contributed by atoms with van der Waals surface area (Å²) in [6.45, 7) is 8.41. The topological polar surface area (TPSA) is 92.9 Å². The number of hydrogen-bond acceptors (Lipinski definition) is 6. The van der Waals surface area contributed by atoms with E-state index in [1.807, 2.05) is 13.8 Å². The van der Waals surface area contributed by atoms with Gasteiger partial charge in [0.25, 0.3) is 0 Å². The van der Waals surface area contributed by atoms with Crippen molar-refractivity contribution in [2.45, 2.75) is 57.9 Å². The summed E-state index contributed by atoms with van der Waals surface area (Å²) in [7, 11) is 1.66. The van der Waals surface area contributed by atoms with E-state index in [1.54, 1.807) is 27.0 Å². The monoisotopic (exact) mass is 366 g/mol. The van der Waals surface area contributed by atoms with Gasteiger partial charge >= 0.3 is 0 Å². The van der Waals surface area contributed by atoms with Crippen LogP contribution in [-0.4, -0.2) is 59.3 Å². The lowest BCUT2D eigenvalue weighted by Gasteiger charge is -2.34. The molecule has 1 aromatic rings. The Balaban J connectivity index is 2.01. The fourth-order valence-electron chi connectivity index (χ4n) is 2.80. The van der Waals surface area contributed by atoms with Crippen molar-refractivity contribution in [1.29, 1.82) is 0 Å². The second-order valence-electron chi connectivity index (χ2n) is 8.27. The number of hydrogen-bond donors (Lipinski definition) is 1. The molecule has 1 amide bonds. The summed E-state index contributed by atoms with van der Waals surface area (Å²) in [4.78, 5) is 26.8. The van der Waals surface area contributed by atoms with Crippen LogP contribution in [0.2, 0.25) is 0 Å². The van der Waals surface area contributed by atoms with Gasteiger partial charge in [-0.25, -0.2) is 0 Å². The molecule has 7 nitrogen and oxygen atoms in total. The van der Waals surface area contributed by atoms with Crippen LogP contribution < -0.4 is 0 Å². The molecule has 1 aromatic heterocycles. The zero-order chi connectivity index (χ0) is 19.5. The molecule has 1 aliphatic rings. The predicted octanol–water partition coefficient (Wildman–Crippen LogP) is 1.72. The minimum Gasteiger partial charge on any atom is -0.395 e. The van der Waals surface area contributed by atoms with Crippen LogP contribution in [-0.2, 0) is 26.2 Å². The van der Waals surface area contributed by atoms with E-state index in [0.717, 1.165) is 6.42 Å². The van der Waals surface area contributed by atoms with Crippen molar-refractivity contribution in [2.75, 3.05) is 26.9 Å². The molecule has 0 unspecified atom stereocenters. The molecule has 2 heterocycles. The van der Waals surface area contributed by atoms with E-state index in [2.05, 4.69) is 5.16 Å². The van der Waals surface area contributed by atoms with E-state index in [0.29, 0.717) is 31.1 Å². The number of carbonyl (C=O) groups is 2. The third-order valence-corrected chi connectivity index (χ3v) is 5.36. The number of carbonyl (C=O) groups excluding carboxylic acids is 2. The summed E-state index contributed by atoms with van der Waals surface area (Å²) in [5, 5.41) is 13.4. The predicted molar refractivity (Wildman–Crippen MR) is 95.7 cm³/mol. The van der Waals surface area contributed by atoms with Crippen LogP contribution in [0.25, 0.3) is 0 Å². The number of ketones is 1. The molecule has 26 heavy (non-hydrogen) atoms. The number of rotatable bonds is 8. The van der Waals surface area contributed by atoms with Crippen molar-refractivity contribution in [3.05, 3.63) is 17.5 Å². The third-order valence-electron chi connectivity index (χ3n) is 5.36. The van der Waals surface area contributed by atoms with Crippen LogP contribution in [0.15, 0.2) is 10.6 Å². The molecular weight excluding hydrogens is 336 g/mol. The Bertz CT molecular complexity index is 644. The maximum absolute atomic E-state index is 12.8. The Labute approximate surface area is 154 Å². The van der Waals surface area contributed by atoms with E-state index in [4.69, 9.17) is 9.26 Å². The third kappa shape index (κ3) is 4.51. The Hall–Kier alpha value is -1.73. The quantitative estimate of drug-likeness (QED) is 0.753. The van der Waals surface area contributed by atoms with Crippen molar-refractivity contribution in [3.63, 3.8) is 0 Å². The fourth-order valence-corrected chi connectivity index (χ4v) is 2.80. The lowest BCUT2D eigenvalue weighted by Crippen LogP contribution is -2.51. The molecule has 1 aliphatic heterocycles. The number of nitrogens with zero attached hydrogens (tertiary/aromatic N) is 2. The Kier molecular flexibility index (Phi) is 6.24. The minimum atomic E-state index is -0.948. The average Bonchev–Trinajstić information content (AvgIpc) is 3.26. The second-order valence-corrected chi connectivity index (χ2v) is 8.27. The first-order valence-corrected chi connectivity index (χ1v) is 9.02. The zero-order valence-electron chi connectivity index (χ0n) is 16.4. The smallest absolute Gasteiger partial charge is 0.223 e. The maximum Gasteiger partial charge on any atom is 0.223 e. The summed E-state index contributed by atoms with van der Waals surface area (Å²) < 4.78 is 10.6. The van der Waals surface area contributed by atoms with E-state index in [1.165, 1.54) is 4.90 Å². The summed E-state index contributed by atoms with van der Waals surface area (Å²) in [5.41, 5.74) is -0.877. The number of aliphatic hydroxyl groups is 1. The summed E-state index contributed by atoms with van der Waals surface area (Å²) in [6, 6.07) is 1.70. The minimum absolute atomic E-state index is 0.0473. The van der Waals surface area contributed by atoms with Crippen molar-refractivity contribution in [2.24, 2.45) is 5.92 Å². The number of likely N-dealkylation sites (N-methyl/N-ethyl adjacent to an activating group) is 1. The number of aliphatic hydroxyl groups excluding tert-OH is 1. The zero-order valence-corrected chi connectivity index (χ0v) is 16.4. The molecule has 7 heteroatoms. The standard InChI is InChI=1S/C19H30N2O5/c1-18(2,12-22)15-9-14(26-20-15)10-16(23)19(3,4)21(5)17(24)8-13-6-7-25-11-13/h9,13,22H,6-8,10-12H2,1-5H3/t13-/m1/s1. The molecule has 0 radical (unpaired) electrons. The maximum atomic E-state index is 12.8. The second kappa shape index (κ2) is 7.88. The van der Waals surface area contributed by atoms with Crippen molar-refractivity contribution in [1.82, 2.24) is 10.1 Å².